The minimum absolute atomic E-state index is 0.267. The lowest BCUT2D eigenvalue weighted by molar-refractivity contribution is 0.00277. The molecule has 4 nitrogen and oxygen atoms in total. The average Bonchev–Trinajstić information content (AvgIpc) is 2.16. The predicted molar refractivity (Wildman–Crippen MR) is 56.2 cm³/mol. The van der Waals surface area contributed by atoms with Gasteiger partial charge in [0.15, 0.2) is 0 Å². The first-order valence-electron chi connectivity index (χ1n) is 5.20. The van der Waals surface area contributed by atoms with E-state index in [9.17, 15) is 5.11 Å². The number of hydrogen-bond donors (Lipinski definition) is 2. The Balaban J connectivity index is 3.13. The van der Waals surface area contributed by atoms with Crippen molar-refractivity contribution in [3.8, 4) is 0 Å². The molecule has 0 bridgehead atoms. The fraction of sp³-hybridized carbons (Fsp3) is 1.00. The van der Waals surface area contributed by atoms with Crippen molar-refractivity contribution in [2.24, 2.45) is 5.73 Å². The average molecular weight is 205 g/mol. The van der Waals surface area contributed by atoms with Gasteiger partial charge in [-0.3, -0.25) is 0 Å². The SMILES string of the molecule is CCCOCCOCCC(C)(O)CN. The van der Waals surface area contributed by atoms with Gasteiger partial charge in [0.1, 0.15) is 0 Å². The van der Waals surface area contributed by atoms with Crippen molar-refractivity contribution in [2.45, 2.75) is 32.3 Å². The molecule has 0 amide bonds. The maximum absolute atomic E-state index is 9.53. The van der Waals surface area contributed by atoms with Crippen LogP contribution < -0.4 is 5.73 Å². The standard InChI is InChI=1S/C10H23NO3/c1-3-5-13-7-8-14-6-4-10(2,12)9-11/h12H,3-9,11H2,1-2H3. The molecule has 0 aliphatic rings. The number of rotatable bonds is 9. The second-order valence-corrected chi connectivity index (χ2v) is 3.68. The van der Waals surface area contributed by atoms with Gasteiger partial charge in [-0.1, -0.05) is 6.92 Å². The summed E-state index contributed by atoms with van der Waals surface area (Å²) in [6.45, 7) is 6.56. The van der Waals surface area contributed by atoms with Crippen molar-refractivity contribution in [1.29, 1.82) is 0 Å². The van der Waals surface area contributed by atoms with Crippen molar-refractivity contribution in [1.82, 2.24) is 0 Å². The second kappa shape index (κ2) is 8.17. The van der Waals surface area contributed by atoms with Gasteiger partial charge in [-0.2, -0.15) is 0 Å². The van der Waals surface area contributed by atoms with Crippen LogP contribution in [0.5, 0.6) is 0 Å². The lowest BCUT2D eigenvalue weighted by Gasteiger charge is -2.20. The Bertz CT molecular complexity index is 129. The molecule has 86 valence electrons. The molecule has 0 fully saturated rings. The Morgan fingerprint density at radius 3 is 2.21 bits per heavy atom. The molecule has 4 heteroatoms. The van der Waals surface area contributed by atoms with Crippen LogP contribution in [0.2, 0.25) is 0 Å². The molecule has 0 aromatic carbocycles. The van der Waals surface area contributed by atoms with Gasteiger partial charge in [0.05, 0.1) is 18.8 Å². The molecule has 0 aromatic heterocycles. The summed E-state index contributed by atoms with van der Waals surface area (Å²) in [6.07, 6.45) is 1.60. The first-order valence-corrected chi connectivity index (χ1v) is 5.20. The summed E-state index contributed by atoms with van der Waals surface area (Å²) in [5.41, 5.74) is 4.56. The molecular formula is C10H23NO3. The van der Waals surface area contributed by atoms with Gasteiger partial charge >= 0.3 is 0 Å². The molecule has 0 heterocycles. The van der Waals surface area contributed by atoms with Gasteiger partial charge in [-0.05, 0) is 13.3 Å². The molecule has 1 unspecified atom stereocenters. The van der Waals surface area contributed by atoms with E-state index in [2.05, 4.69) is 6.92 Å². The summed E-state index contributed by atoms with van der Waals surface area (Å²) in [4.78, 5) is 0. The first-order chi connectivity index (χ1) is 6.62. The van der Waals surface area contributed by atoms with E-state index in [1.54, 1.807) is 6.92 Å². The highest BCUT2D eigenvalue weighted by molar-refractivity contribution is 4.72. The molecular weight excluding hydrogens is 182 g/mol. The maximum atomic E-state index is 9.53. The highest BCUT2D eigenvalue weighted by Gasteiger charge is 2.16. The lowest BCUT2D eigenvalue weighted by atomic mass is 10.0. The van der Waals surface area contributed by atoms with Crippen molar-refractivity contribution in [2.75, 3.05) is 33.0 Å². The number of ether oxygens (including phenoxy) is 2. The van der Waals surface area contributed by atoms with E-state index in [0.717, 1.165) is 13.0 Å². The molecule has 0 aliphatic heterocycles. The fourth-order valence-electron chi connectivity index (χ4n) is 0.860. The molecule has 14 heavy (non-hydrogen) atoms. The Labute approximate surface area is 86.4 Å². The van der Waals surface area contributed by atoms with Crippen molar-refractivity contribution in [3.05, 3.63) is 0 Å². The van der Waals surface area contributed by atoms with Gasteiger partial charge in [0, 0.05) is 26.2 Å². The fourth-order valence-corrected chi connectivity index (χ4v) is 0.860. The minimum atomic E-state index is -0.801. The van der Waals surface area contributed by atoms with Gasteiger partial charge in [0.2, 0.25) is 0 Å². The zero-order valence-corrected chi connectivity index (χ0v) is 9.29. The van der Waals surface area contributed by atoms with E-state index in [4.69, 9.17) is 15.2 Å². The van der Waals surface area contributed by atoms with Crippen LogP contribution in [0.15, 0.2) is 0 Å². The van der Waals surface area contributed by atoms with E-state index in [0.29, 0.717) is 26.2 Å². The van der Waals surface area contributed by atoms with Crippen LogP contribution in [0.25, 0.3) is 0 Å². The van der Waals surface area contributed by atoms with Crippen LogP contribution >= 0.6 is 0 Å². The minimum Gasteiger partial charge on any atom is -0.389 e. The highest BCUT2D eigenvalue weighted by atomic mass is 16.5. The summed E-state index contributed by atoms with van der Waals surface area (Å²) in [7, 11) is 0. The summed E-state index contributed by atoms with van der Waals surface area (Å²) >= 11 is 0. The molecule has 0 saturated heterocycles. The van der Waals surface area contributed by atoms with Gasteiger partial charge in [-0.25, -0.2) is 0 Å². The van der Waals surface area contributed by atoms with Gasteiger partial charge in [0.25, 0.3) is 0 Å². The van der Waals surface area contributed by atoms with Crippen LogP contribution in [-0.4, -0.2) is 43.7 Å². The quantitative estimate of drug-likeness (QED) is 0.539. The van der Waals surface area contributed by atoms with Crippen molar-refractivity contribution >= 4 is 0 Å². The summed E-state index contributed by atoms with van der Waals surface area (Å²) in [6, 6.07) is 0. The number of nitrogens with two attached hydrogens (primary N) is 1. The van der Waals surface area contributed by atoms with E-state index < -0.39 is 5.60 Å². The molecule has 3 N–H and O–H groups in total. The van der Waals surface area contributed by atoms with E-state index in [-0.39, 0.29) is 6.54 Å². The van der Waals surface area contributed by atoms with Crippen LogP contribution in [0.1, 0.15) is 26.7 Å². The normalized spacial score (nSPS) is 15.4. The Morgan fingerprint density at radius 1 is 1.14 bits per heavy atom. The maximum Gasteiger partial charge on any atom is 0.0763 e. The Morgan fingerprint density at radius 2 is 1.71 bits per heavy atom. The smallest absolute Gasteiger partial charge is 0.0763 e. The van der Waals surface area contributed by atoms with E-state index in [1.807, 2.05) is 0 Å². The third-order valence-electron chi connectivity index (χ3n) is 1.95. The second-order valence-electron chi connectivity index (χ2n) is 3.68. The van der Waals surface area contributed by atoms with E-state index in [1.165, 1.54) is 0 Å². The zero-order chi connectivity index (χ0) is 10.9. The summed E-state index contributed by atoms with van der Waals surface area (Å²) in [5, 5.41) is 9.53. The van der Waals surface area contributed by atoms with Crippen molar-refractivity contribution in [3.63, 3.8) is 0 Å². The summed E-state index contributed by atoms with van der Waals surface area (Å²) < 4.78 is 10.5. The first kappa shape index (κ1) is 13.8. The molecule has 0 rings (SSSR count). The highest BCUT2D eigenvalue weighted by Crippen LogP contribution is 2.06. The molecule has 0 aromatic rings. The van der Waals surface area contributed by atoms with Gasteiger partial charge in [-0.15, -0.1) is 0 Å². The largest absolute Gasteiger partial charge is 0.389 e. The monoisotopic (exact) mass is 205 g/mol. The van der Waals surface area contributed by atoms with E-state index >= 15 is 0 Å². The Hall–Kier alpha value is -0.160. The lowest BCUT2D eigenvalue weighted by Crippen LogP contribution is -2.35. The third-order valence-corrected chi connectivity index (χ3v) is 1.95. The summed E-state index contributed by atoms with van der Waals surface area (Å²) in [5.74, 6) is 0. The van der Waals surface area contributed by atoms with Crippen LogP contribution in [0, 0.1) is 0 Å². The molecule has 1 atom stereocenters. The molecule has 0 spiro atoms. The Kier molecular flexibility index (Phi) is 8.08. The topological polar surface area (TPSA) is 64.7 Å². The molecule has 0 aliphatic carbocycles. The van der Waals surface area contributed by atoms with Crippen molar-refractivity contribution < 1.29 is 14.6 Å². The number of aliphatic hydroxyl groups is 1. The predicted octanol–water partition coefficient (Wildman–Crippen LogP) is 0.529. The number of hydrogen-bond acceptors (Lipinski definition) is 4. The third kappa shape index (κ3) is 8.44. The zero-order valence-electron chi connectivity index (χ0n) is 9.29. The van der Waals surface area contributed by atoms with Crippen LogP contribution in [0.4, 0.5) is 0 Å². The molecule has 0 saturated carbocycles. The molecule has 0 radical (unpaired) electrons. The van der Waals surface area contributed by atoms with Gasteiger partial charge < -0.3 is 20.3 Å². The van der Waals surface area contributed by atoms with Crippen LogP contribution in [-0.2, 0) is 9.47 Å². The van der Waals surface area contributed by atoms with Crippen LogP contribution in [0.3, 0.4) is 0 Å².